The number of allylic oxidation sites excluding steroid dienone is 4. The van der Waals surface area contributed by atoms with Crippen molar-refractivity contribution in [1.29, 1.82) is 0 Å². The highest BCUT2D eigenvalue weighted by Crippen LogP contribution is 2.59. The molecule has 0 heterocycles. The molecule has 0 saturated heterocycles. The van der Waals surface area contributed by atoms with Crippen molar-refractivity contribution in [3.8, 4) is 0 Å². The predicted molar refractivity (Wildman–Crippen MR) is 131 cm³/mol. The van der Waals surface area contributed by atoms with E-state index in [1.807, 2.05) is 6.92 Å². The van der Waals surface area contributed by atoms with Gasteiger partial charge in [-0.2, -0.15) is 0 Å². The first-order valence-electron chi connectivity index (χ1n) is 13.0. The van der Waals surface area contributed by atoms with Gasteiger partial charge < -0.3 is 15.3 Å². The third-order valence-corrected chi connectivity index (χ3v) is 9.51. The number of Topliss-reactive ketones (excluding diaryl/α,β-unsaturated/α-hetero) is 1. The Morgan fingerprint density at radius 3 is 2.61 bits per heavy atom. The van der Waals surface area contributed by atoms with Gasteiger partial charge >= 0.3 is 0 Å². The molecule has 0 aromatic heterocycles. The van der Waals surface area contributed by atoms with Crippen LogP contribution in [0.3, 0.4) is 0 Å². The molecule has 0 spiro atoms. The third kappa shape index (κ3) is 4.47. The molecule has 4 heteroatoms. The summed E-state index contributed by atoms with van der Waals surface area (Å²) in [6.07, 6.45) is 13.9. The summed E-state index contributed by atoms with van der Waals surface area (Å²) in [6.45, 7) is 10.6. The van der Waals surface area contributed by atoms with Gasteiger partial charge in [0.2, 0.25) is 0 Å². The minimum absolute atomic E-state index is 0.0514. The fourth-order valence-electron chi connectivity index (χ4n) is 7.41. The topological polar surface area (TPSA) is 77.8 Å². The van der Waals surface area contributed by atoms with E-state index < -0.39 is 17.8 Å². The van der Waals surface area contributed by atoms with Gasteiger partial charge in [-0.25, -0.2) is 0 Å². The summed E-state index contributed by atoms with van der Waals surface area (Å²) in [6, 6.07) is 0. The van der Waals surface area contributed by atoms with E-state index in [-0.39, 0.29) is 11.2 Å². The third-order valence-electron chi connectivity index (χ3n) is 9.51. The lowest BCUT2D eigenvalue weighted by molar-refractivity contribution is -0.130. The highest BCUT2D eigenvalue weighted by atomic mass is 16.3. The maximum atomic E-state index is 12.8. The molecular weight excluding hydrogens is 412 g/mol. The van der Waals surface area contributed by atoms with E-state index >= 15 is 0 Å². The van der Waals surface area contributed by atoms with Gasteiger partial charge in [-0.3, -0.25) is 4.79 Å². The number of rotatable bonds is 4. The van der Waals surface area contributed by atoms with Crippen molar-refractivity contribution >= 4 is 5.78 Å². The van der Waals surface area contributed by atoms with Crippen LogP contribution in [0, 0.1) is 23.2 Å². The van der Waals surface area contributed by atoms with Crippen molar-refractivity contribution in [3.63, 3.8) is 0 Å². The molecule has 3 unspecified atom stereocenters. The van der Waals surface area contributed by atoms with Crippen LogP contribution in [-0.2, 0) is 4.79 Å². The molecule has 33 heavy (non-hydrogen) atoms. The van der Waals surface area contributed by atoms with Crippen LogP contribution in [-0.4, -0.2) is 38.9 Å². The quantitative estimate of drug-likeness (QED) is 0.511. The Morgan fingerprint density at radius 1 is 1.15 bits per heavy atom. The van der Waals surface area contributed by atoms with Crippen molar-refractivity contribution in [2.75, 3.05) is 0 Å². The molecule has 4 nitrogen and oxygen atoms in total. The summed E-state index contributed by atoms with van der Waals surface area (Å²) in [5.41, 5.74) is 3.10. The normalized spacial score (nSPS) is 44.1. The first kappa shape index (κ1) is 24.6. The molecule has 4 saturated carbocycles. The molecule has 0 bridgehead atoms. The molecular formula is C29H42O4. The highest BCUT2D eigenvalue weighted by Gasteiger charge is 2.51. The molecule has 0 amide bonds. The Kier molecular flexibility index (Phi) is 6.93. The van der Waals surface area contributed by atoms with Gasteiger partial charge in [-0.05, 0) is 97.7 Å². The number of fused-ring (bicyclic) bond motifs is 1. The average molecular weight is 455 g/mol. The van der Waals surface area contributed by atoms with Crippen LogP contribution in [0.25, 0.3) is 0 Å². The summed E-state index contributed by atoms with van der Waals surface area (Å²) in [5.74, 6) is 1.33. The van der Waals surface area contributed by atoms with Crippen LogP contribution in [0.1, 0.15) is 85.0 Å². The fourth-order valence-corrected chi connectivity index (χ4v) is 7.41. The lowest BCUT2D eigenvalue weighted by Crippen LogP contribution is -2.36. The van der Waals surface area contributed by atoms with Crippen molar-refractivity contribution in [1.82, 2.24) is 0 Å². The first-order chi connectivity index (χ1) is 15.6. The summed E-state index contributed by atoms with van der Waals surface area (Å²) in [5, 5.41) is 30.8. The van der Waals surface area contributed by atoms with Gasteiger partial charge in [0.25, 0.3) is 0 Å². The summed E-state index contributed by atoms with van der Waals surface area (Å²) in [4.78, 5) is 12.8. The van der Waals surface area contributed by atoms with E-state index in [0.29, 0.717) is 49.9 Å². The van der Waals surface area contributed by atoms with E-state index in [0.717, 1.165) is 29.6 Å². The summed E-state index contributed by atoms with van der Waals surface area (Å²) >= 11 is 0. The Bertz CT molecular complexity index is 895. The number of aliphatic hydroxyl groups is 3. The molecule has 4 fully saturated rings. The maximum absolute atomic E-state index is 12.8. The number of ketones is 1. The predicted octanol–water partition coefficient (Wildman–Crippen LogP) is 5.19. The number of carbonyl (C=O) groups is 1. The van der Waals surface area contributed by atoms with Gasteiger partial charge in [0, 0.05) is 6.42 Å². The molecule has 182 valence electrons. The summed E-state index contributed by atoms with van der Waals surface area (Å²) < 4.78 is 0. The van der Waals surface area contributed by atoms with Crippen LogP contribution in [0.15, 0.2) is 47.1 Å². The Labute approximate surface area is 199 Å². The van der Waals surface area contributed by atoms with Crippen LogP contribution >= 0.6 is 0 Å². The van der Waals surface area contributed by atoms with Crippen LogP contribution in [0.5, 0.6) is 0 Å². The SMILES string of the molecule is C=C1/C(=C\C=C2/CCC[C@@]3(C)C2CC[C@@H]3C(C)/C=C2\CCC(O)(CC)C2=O)C[C@@H](O)C[C@@H]1O. The summed E-state index contributed by atoms with van der Waals surface area (Å²) in [7, 11) is 0. The van der Waals surface area contributed by atoms with E-state index in [2.05, 4.69) is 38.7 Å². The van der Waals surface area contributed by atoms with Crippen LogP contribution in [0.4, 0.5) is 0 Å². The molecule has 0 radical (unpaired) electrons. The van der Waals surface area contributed by atoms with Gasteiger partial charge in [-0.15, -0.1) is 0 Å². The molecule has 0 aromatic carbocycles. The second-order valence-electron chi connectivity index (χ2n) is 11.4. The van der Waals surface area contributed by atoms with Crippen molar-refractivity contribution in [2.45, 2.75) is 103 Å². The maximum Gasteiger partial charge on any atom is 0.190 e. The number of aliphatic hydroxyl groups excluding tert-OH is 2. The Morgan fingerprint density at radius 2 is 1.91 bits per heavy atom. The van der Waals surface area contributed by atoms with E-state index in [1.54, 1.807) is 0 Å². The zero-order valence-corrected chi connectivity index (χ0v) is 20.6. The number of hydrogen-bond acceptors (Lipinski definition) is 4. The molecule has 3 N–H and O–H groups in total. The lowest BCUT2D eigenvalue weighted by atomic mass is 9.61. The molecule has 4 aliphatic rings. The zero-order valence-electron chi connectivity index (χ0n) is 20.6. The molecule has 7 atom stereocenters. The standard InChI is InChI=1S/C29H42O4/c1-5-29(33)14-12-22(27(29)32)15-18(2)24-10-11-25-20(7-6-13-28(24,25)4)8-9-21-16-23(30)17-26(31)19(21)3/h8-9,15,18,23-26,30-31,33H,3,5-7,10-14,16-17H2,1-2,4H3/b20-8+,21-9-,22-15+/t18?,23-,24-,25?,26+,28-,29?/m1/s1. The second kappa shape index (κ2) is 9.28. The Balaban J connectivity index is 1.53. The van der Waals surface area contributed by atoms with Gasteiger partial charge in [0.1, 0.15) is 5.60 Å². The van der Waals surface area contributed by atoms with E-state index in [4.69, 9.17) is 0 Å². The largest absolute Gasteiger partial charge is 0.393 e. The monoisotopic (exact) mass is 454 g/mol. The molecule has 4 rings (SSSR count). The lowest BCUT2D eigenvalue weighted by Gasteiger charge is -2.44. The molecule has 0 aromatic rings. The average Bonchev–Trinajstić information content (AvgIpc) is 3.27. The first-order valence-corrected chi connectivity index (χ1v) is 13.0. The number of carbonyl (C=O) groups excluding carboxylic acids is 1. The van der Waals surface area contributed by atoms with Gasteiger partial charge in [0.15, 0.2) is 5.78 Å². The van der Waals surface area contributed by atoms with E-state index in [9.17, 15) is 20.1 Å². The smallest absolute Gasteiger partial charge is 0.190 e. The van der Waals surface area contributed by atoms with Crippen molar-refractivity contribution < 1.29 is 20.1 Å². The fraction of sp³-hybridized carbons (Fsp3) is 0.690. The zero-order chi connectivity index (χ0) is 24.0. The molecule has 0 aliphatic heterocycles. The van der Waals surface area contributed by atoms with Crippen molar-refractivity contribution in [2.24, 2.45) is 23.2 Å². The van der Waals surface area contributed by atoms with Crippen molar-refractivity contribution in [3.05, 3.63) is 47.1 Å². The van der Waals surface area contributed by atoms with Crippen LogP contribution < -0.4 is 0 Å². The van der Waals surface area contributed by atoms with Crippen LogP contribution in [0.2, 0.25) is 0 Å². The second-order valence-corrected chi connectivity index (χ2v) is 11.4. The van der Waals surface area contributed by atoms with Gasteiger partial charge in [-0.1, -0.05) is 51.2 Å². The Hall–Kier alpha value is -1.49. The minimum atomic E-state index is -1.15. The van der Waals surface area contributed by atoms with Gasteiger partial charge in [0.05, 0.1) is 12.2 Å². The molecule has 4 aliphatic carbocycles. The number of hydrogen-bond donors (Lipinski definition) is 3. The highest BCUT2D eigenvalue weighted by molar-refractivity contribution is 6.04. The minimum Gasteiger partial charge on any atom is -0.393 e. The van der Waals surface area contributed by atoms with E-state index in [1.165, 1.54) is 24.8 Å².